The predicted molar refractivity (Wildman–Crippen MR) is 49.2 cm³/mol. The van der Waals surface area contributed by atoms with Crippen LogP contribution in [0.3, 0.4) is 0 Å². The van der Waals surface area contributed by atoms with Crippen LogP contribution < -0.4 is 5.32 Å². The van der Waals surface area contributed by atoms with Crippen molar-refractivity contribution in [1.82, 2.24) is 5.32 Å². The van der Waals surface area contributed by atoms with Crippen LogP contribution in [0.5, 0.6) is 0 Å². The second kappa shape index (κ2) is 7.10. The van der Waals surface area contributed by atoms with Gasteiger partial charge in [0.15, 0.2) is 0 Å². The molecule has 0 saturated carbocycles. The van der Waals surface area contributed by atoms with Gasteiger partial charge < -0.3 is 10.4 Å². The first-order valence-electron chi connectivity index (χ1n) is 4.74. The van der Waals surface area contributed by atoms with Gasteiger partial charge in [-0.1, -0.05) is 20.3 Å². The molecule has 3 heteroatoms. The summed E-state index contributed by atoms with van der Waals surface area (Å²) in [7, 11) is 0. The predicted octanol–water partition coefficient (Wildman–Crippen LogP) is 1.49. The molecule has 1 aliphatic rings. The second-order valence-corrected chi connectivity index (χ2v) is 2.74. The first kappa shape index (κ1) is 11.4. The Labute approximate surface area is 74.2 Å². The van der Waals surface area contributed by atoms with Crippen molar-refractivity contribution in [1.29, 1.82) is 0 Å². The van der Waals surface area contributed by atoms with Crippen LogP contribution in [0.2, 0.25) is 0 Å². The van der Waals surface area contributed by atoms with Crippen molar-refractivity contribution >= 4 is 5.97 Å². The van der Waals surface area contributed by atoms with E-state index in [9.17, 15) is 4.79 Å². The summed E-state index contributed by atoms with van der Waals surface area (Å²) in [6.45, 7) is 5.62. The van der Waals surface area contributed by atoms with Crippen LogP contribution in [0.1, 0.15) is 33.1 Å². The van der Waals surface area contributed by atoms with Gasteiger partial charge in [0.2, 0.25) is 0 Å². The SMILES string of the molecule is CC.O=C(O)C1CCCCNC1. The normalized spacial score (nSPS) is 23.3. The second-order valence-electron chi connectivity index (χ2n) is 2.74. The van der Waals surface area contributed by atoms with Gasteiger partial charge in [-0.25, -0.2) is 0 Å². The van der Waals surface area contributed by atoms with E-state index in [1.54, 1.807) is 0 Å². The van der Waals surface area contributed by atoms with Gasteiger partial charge in [0.1, 0.15) is 0 Å². The van der Waals surface area contributed by atoms with E-state index in [1.807, 2.05) is 13.8 Å². The Hall–Kier alpha value is -0.570. The maximum absolute atomic E-state index is 10.5. The molecule has 0 radical (unpaired) electrons. The van der Waals surface area contributed by atoms with Gasteiger partial charge in [0, 0.05) is 6.54 Å². The van der Waals surface area contributed by atoms with Crippen molar-refractivity contribution in [2.24, 2.45) is 5.92 Å². The van der Waals surface area contributed by atoms with Gasteiger partial charge in [-0.3, -0.25) is 4.79 Å². The molecule has 1 saturated heterocycles. The number of hydrogen-bond donors (Lipinski definition) is 2. The van der Waals surface area contributed by atoms with Gasteiger partial charge in [0.25, 0.3) is 0 Å². The Morgan fingerprint density at radius 3 is 2.67 bits per heavy atom. The van der Waals surface area contributed by atoms with Crippen LogP contribution >= 0.6 is 0 Å². The Kier molecular flexibility index (Phi) is 6.76. The maximum atomic E-state index is 10.5. The molecule has 0 bridgehead atoms. The van der Waals surface area contributed by atoms with Crippen molar-refractivity contribution in [3.63, 3.8) is 0 Å². The zero-order valence-electron chi connectivity index (χ0n) is 7.97. The molecule has 2 N–H and O–H groups in total. The first-order valence-corrected chi connectivity index (χ1v) is 4.74. The summed E-state index contributed by atoms with van der Waals surface area (Å²) < 4.78 is 0. The Bertz CT molecular complexity index is 118. The van der Waals surface area contributed by atoms with Crippen LogP contribution in [0.25, 0.3) is 0 Å². The Balaban J connectivity index is 0.000000561. The molecular formula is C9H19NO2. The minimum atomic E-state index is -0.658. The number of carbonyl (C=O) groups is 1. The quantitative estimate of drug-likeness (QED) is 0.631. The van der Waals surface area contributed by atoms with Gasteiger partial charge >= 0.3 is 5.97 Å². The third kappa shape index (κ3) is 4.34. The Morgan fingerprint density at radius 2 is 2.08 bits per heavy atom. The number of aliphatic carboxylic acids is 1. The molecule has 1 aliphatic heterocycles. The molecule has 0 aromatic heterocycles. The molecule has 1 atom stereocenters. The first-order chi connectivity index (χ1) is 5.80. The van der Waals surface area contributed by atoms with E-state index in [1.165, 1.54) is 0 Å². The zero-order chi connectivity index (χ0) is 9.40. The summed E-state index contributed by atoms with van der Waals surface area (Å²) in [5.41, 5.74) is 0. The largest absolute Gasteiger partial charge is 0.481 e. The molecule has 72 valence electrons. The molecule has 0 spiro atoms. The number of nitrogens with one attached hydrogen (secondary N) is 1. The molecule has 1 unspecified atom stereocenters. The molecule has 0 aliphatic carbocycles. The van der Waals surface area contributed by atoms with Crippen molar-refractivity contribution < 1.29 is 9.90 Å². The third-order valence-electron chi connectivity index (χ3n) is 1.90. The highest BCUT2D eigenvalue weighted by atomic mass is 16.4. The van der Waals surface area contributed by atoms with Crippen LogP contribution in [-0.2, 0) is 4.79 Å². The van der Waals surface area contributed by atoms with Crippen LogP contribution in [0.15, 0.2) is 0 Å². The van der Waals surface area contributed by atoms with E-state index in [4.69, 9.17) is 5.11 Å². The molecular weight excluding hydrogens is 154 g/mol. The van der Waals surface area contributed by atoms with Crippen molar-refractivity contribution in [3.8, 4) is 0 Å². The molecule has 1 fully saturated rings. The lowest BCUT2D eigenvalue weighted by Crippen LogP contribution is -2.26. The van der Waals surface area contributed by atoms with Crippen molar-refractivity contribution in [2.75, 3.05) is 13.1 Å². The highest BCUT2D eigenvalue weighted by Gasteiger charge is 2.17. The zero-order valence-corrected chi connectivity index (χ0v) is 7.97. The Morgan fingerprint density at radius 1 is 1.42 bits per heavy atom. The molecule has 3 nitrogen and oxygen atoms in total. The molecule has 12 heavy (non-hydrogen) atoms. The fraction of sp³-hybridized carbons (Fsp3) is 0.889. The smallest absolute Gasteiger partial charge is 0.307 e. The lowest BCUT2D eigenvalue weighted by molar-refractivity contribution is -0.141. The van der Waals surface area contributed by atoms with Gasteiger partial charge in [-0.2, -0.15) is 0 Å². The highest BCUT2D eigenvalue weighted by Crippen LogP contribution is 2.10. The summed E-state index contributed by atoms with van der Waals surface area (Å²) in [6, 6.07) is 0. The minimum absolute atomic E-state index is 0.150. The van der Waals surface area contributed by atoms with Gasteiger partial charge in [-0.05, 0) is 19.4 Å². The standard InChI is InChI=1S/C7H13NO2.C2H6/c9-7(10)6-3-1-2-4-8-5-6;1-2/h6,8H,1-5H2,(H,9,10);1-2H3. The molecule has 0 amide bonds. The average Bonchev–Trinajstić information content (AvgIpc) is 2.35. The summed E-state index contributed by atoms with van der Waals surface area (Å²) in [5.74, 6) is -0.808. The fourth-order valence-corrected chi connectivity index (χ4v) is 1.23. The monoisotopic (exact) mass is 173 g/mol. The topological polar surface area (TPSA) is 49.3 Å². The van der Waals surface area contributed by atoms with Crippen LogP contribution in [-0.4, -0.2) is 24.2 Å². The summed E-state index contributed by atoms with van der Waals surface area (Å²) in [5, 5.41) is 11.7. The van der Waals surface area contributed by atoms with E-state index >= 15 is 0 Å². The number of carboxylic acids is 1. The number of carboxylic acid groups (broad SMARTS) is 1. The fourth-order valence-electron chi connectivity index (χ4n) is 1.23. The molecule has 1 heterocycles. The van der Waals surface area contributed by atoms with Gasteiger partial charge in [-0.15, -0.1) is 0 Å². The van der Waals surface area contributed by atoms with Crippen molar-refractivity contribution in [2.45, 2.75) is 33.1 Å². The lowest BCUT2D eigenvalue weighted by Gasteiger charge is -2.06. The van der Waals surface area contributed by atoms with Crippen LogP contribution in [0, 0.1) is 5.92 Å². The van der Waals surface area contributed by atoms with E-state index in [0.717, 1.165) is 25.8 Å². The van der Waals surface area contributed by atoms with E-state index in [0.29, 0.717) is 6.54 Å². The maximum Gasteiger partial charge on any atom is 0.307 e. The third-order valence-corrected chi connectivity index (χ3v) is 1.90. The minimum Gasteiger partial charge on any atom is -0.481 e. The number of hydrogen-bond acceptors (Lipinski definition) is 2. The molecule has 1 rings (SSSR count). The van der Waals surface area contributed by atoms with E-state index in [2.05, 4.69) is 5.32 Å². The van der Waals surface area contributed by atoms with Crippen molar-refractivity contribution in [3.05, 3.63) is 0 Å². The highest BCUT2D eigenvalue weighted by molar-refractivity contribution is 5.70. The van der Waals surface area contributed by atoms with E-state index < -0.39 is 5.97 Å². The summed E-state index contributed by atoms with van der Waals surface area (Å²) in [6.07, 6.45) is 3.00. The summed E-state index contributed by atoms with van der Waals surface area (Å²) >= 11 is 0. The summed E-state index contributed by atoms with van der Waals surface area (Å²) in [4.78, 5) is 10.5. The number of rotatable bonds is 1. The van der Waals surface area contributed by atoms with Crippen LogP contribution in [0.4, 0.5) is 0 Å². The van der Waals surface area contributed by atoms with E-state index in [-0.39, 0.29) is 5.92 Å². The van der Waals surface area contributed by atoms with Gasteiger partial charge in [0.05, 0.1) is 5.92 Å². The average molecular weight is 173 g/mol. The molecule has 0 aromatic carbocycles. The lowest BCUT2D eigenvalue weighted by atomic mass is 10.0. The molecule has 0 aromatic rings.